The zero-order valence-corrected chi connectivity index (χ0v) is 10.6. The Morgan fingerprint density at radius 3 is 2.85 bits per heavy atom. The second-order valence-electron chi connectivity index (χ2n) is 3.73. The molecule has 1 heterocycles. The van der Waals surface area contributed by atoms with Crippen LogP contribution in [0.25, 0.3) is 10.9 Å². The number of hydrazine groups is 1. The van der Waals surface area contributed by atoms with Crippen molar-refractivity contribution in [2.75, 3.05) is 12.0 Å². The highest BCUT2D eigenvalue weighted by molar-refractivity contribution is 6.32. The standard InChI is InChI=1S/C12H12N4O4/c1-2-20-11(19)10(18)15-16-12-13-8-6-4-3-5-7(8)9(17)14-12/h3-6H,2H2,1H3,(H,15,18)(H2,13,14,16,17). The zero-order valence-electron chi connectivity index (χ0n) is 10.6. The molecule has 0 aliphatic heterocycles. The van der Waals surface area contributed by atoms with Crippen LogP contribution in [0.5, 0.6) is 0 Å². The van der Waals surface area contributed by atoms with Crippen molar-refractivity contribution in [3.05, 3.63) is 34.6 Å². The molecule has 0 unspecified atom stereocenters. The van der Waals surface area contributed by atoms with E-state index in [9.17, 15) is 14.4 Å². The van der Waals surface area contributed by atoms with Crippen molar-refractivity contribution in [2.45, 2.75) is 6.92 Å². The number of hydrogen-bond acceptors (Lipinski definition) is 6. The number of nitrogens with zero attached hydrogens (tertiary/aromatic N) is 1. The number of rotatable bonds is 3. The molecular weight excluding hydrogens is 264 g/mol. The van der Waals surface area contributed by atoms with Gasteiger partial charge in [-0.2, -0.15) is 0 Å². The van der Waals surface area contributed by atoms with Crippen molar-refractivity contribution < 1.29 is 14.3 Å². The van der Waals surface area contributed by atoms with E-state index in [1.807, 2.05) is 0 Å². The molecule has 8 nitrogen and oxygen atoms in total. The molecule has 0 aliphatic rings. The number of H-pyrrole nitrogens is 1. The number of aromatic amines is 1. The van der Waals surface area contributed by atoms with Crippen LogP contribution in [0.15, 0.2) is 29.1 Å². The molecule has 0 bridgehead atoms. The lowest BCUT2D eigenvalue weighted by atomic mass is 10.2. The number of hydrogen-bond donors (Lipinski definition) is 3. The summed E-state index contributed by atoms with van der Waals surface area (Å²) < 4.78 is 4.50. The summed E-state index contributed by atoms with van der Waals surface area (Å²) >= 11 is 0. The van der Waals surface area contributed by atoms with E-state index in [0.717, 1.165) is 0 Å². The van der Waals surface area contributed by atoms with Gasteiger partial charge in [0.1, 0.15) is 0 Å². The molecule has 1 aromatic carbocycles. The van der Waals surface area contributed by atoms with Gasteiger partial charge in [-0.25, -0.2) is 9.78 Å². The Bertz CT molecular complexity index is 710. The largest absolute Gasteiger partial charge is 0.459 e. The van der Waals surface area contributed by atoms with E-state index in [2.05, 4.69) is 25.6 Å². The van der Waals surface area contributed by atoms with Gasteiger partial charge in [-0.3, -0.25) is 25.4 Å². The Labute approximate surface area is 113 Å². The summed E-state index contributed by atoms with van der Waals surface area (Å²) in [6.07, 6.45) is 0. The fraction of sp³-hybridized carbons (Fsp3) is 0.167. The van der Waals surface area contributed by atoms with E-state index in [0.29, 0.717) is 10.9 Å². The van der Waals surface area contributed by atoms with Gasteiger partial charge in [0.15, 0.2) is 0 Å². The van der Waals surface area contributed by atoms with Crippen molar-refractivity contribution in [1.29, 1.82) is 0 Å². The average Bonchev–Trinajstić information content (AvgIpc) is 2.45. The first-order chi connectivity index (χ1) is 9.61. The number of para-hydroxylation sites is 1. The quantitative estimate of drug-likeness (QED) is 0.411. The van der Waals surface area contributed by atoms with Gasteiger partial charge in [-0.1, -0.05) is 12.1 Å². The summed E-state index contributed by atoms with van der Waals surface area (Å²) in [7, 11) is 0. The number of carbonyl (C=O) groups is 2. The number of nitrogens with one attached hydrogen (secondary N) is 3. The van der Waals surface area contributed by atoms with Crippen LogP contribution in [0.2, 0.25) is 0 Å². The van der Waals surface area contributed by atoms with Gasteiger partial charge in [-0.05, 0) is 19.1 Å². The predicted molar refractivity (Wildman–Crippen MR) is 70.8 cm³/mol. The van der Waals surface area contributed by atoms with Crippen molar-refractivity contribution >= 4 is 28.7 Å². The van der Waals surface area contributed by atoms with Crippen LogP contribution in [0.4, 0.5) is 5.95 Å². The Hall–Kier alpha value is -2.90. The second kappa shape index (κ2) is 5.83. The van der Waals surface area contributed by atoms with Crippen LogP contribution in [-0.2, 0) is 14.3 Å². The fourth-order valence-electron chi connectivity index (χ4n) is 1.51. The Morgan fingerprint density at radius 1 is 1.35 bits per heavy atom. The molecule has 0 saturated heterocycles. The molecule has 2 aromatic rings. The first-order valence-electron chi connectivity index (χ1n) is 5.84. The van der Waals surface area contributed by atoms with Gasteiger partial charge in [-0.15, -0.1) is 0 Å². The van der Waals surface area contributed by atoms with Crippen molar-refractivity contribution in [3.63, 3.8) is 0 Å². The number of fused-ring (bicyclic) bond motifs is 1. The van der Waals surface area contributed by atoms with E-state index in [1.165, 1.54) is 0 Å². The number of esters is 1. The molecule has 0 radical (unpaired) electrons. The van der Waals surface area contributed by atoms with E-state index < -0.39 is 11.9 Å². The summed E-state index contributed by atoms with van der Waals surface area (Å²) in [4.78, 5) is 40.6. The van der Waals surface area contributed by atoms with Crippen LogP contribution in [0, 0.1) is 0 Å². The minimum Gasteiger partial charge on any atom is -0.459 e. The minimum absolute atomic E-state index is 0.0198. The third kappa shape index (κ3) is 2.91. The summed E-state index contributed by atoms with van der Waals surface area (Å²) in [6.45, 7) is 1.68. The van der Waals surface area contributed by atoms with E-state index in [4.69, 9.17) is 0 Å². The van der Waals surface area contributed by atoms with Crippen molar-refractivity contribution in [3.8, 4) is 0 Å². The zero-order chi connectivity index (χ0) is 14.5. The van der Waals surface area contributed by atoms with Gasteiger partial charge >= 0.3 is 11.9 Å². The van der Waals surface area contributed by atoms with E-state index in [1.54, 1.807) is 31.2 Å². The number of ether oxygens (including phenoxy) is 1. The van der Waals surface area contributed by atoms with E-state index in [-0.39, 0.29) is 18.1 Å². The number of anilines is 1. The van der Waals surface area contributed by atoms with Gasteiger partial charge in [0.25, 0.3) is 5.56 Å². The van der Waals surface area contributed by atoms with Crippen molar-refractivity contribution in [1.82, 2.24) is 15.4 Å². The summed E-state index contributed by atoms with van der Waals surface area (Å²) in [5.41, 5.74) is 4.53. The maximum absolute atomic E-state index is 11.7. The molecular formula is C12H12N4O4. The Balaban J connectivity index is 2.13. The van der Waals surface area contributed by atoms with Crippen LogP contribution < -0.4 is 16.4 Å². The maximum atomic E-state index is 11.7. The lowest BCUT2D eigenvalue weighted by molar-refractivity contribution is -0.154. The molecule has 0 atom stereocenters. The second-order valence-corrected chi connectivity index (χ2v) is 3.73. The smallest absolute Gasteiger partial charge is 0.398 e. The number of aromatic nitrogens is 2. The topological polar surface area (TPSA) is 113 Å². The summed E-state index contributed by atoms with van der Waals surface area (Å²) in [6, 6.07) is 6.73. The average molecular weight is 276 g/mol. The Kier molecular flexibility index (Phi) is 3.94. The van der Waals surface area contributed by atoms with Crippen molar-refractivity contribution in [2.24, 2.45) is 0 Å². The highest BCUT2D eigenvalue weighted by atomic mass is 16.5. The van der Waals surface area contributed by atoms with Crippen LogP contribution in [-0.4, -0.2) is 28.5 Å². The summed E-state index contributed by atoms with van der Waals surface area (Å²) in [5, 5.41) is 0.426. The first-order valence-corrected chi connectivity index (χ1v) is 5.84. The third-order valence-corrected chi connectivity index (χ3v) is 2.37. The first kappa shape index (κ1) is 13.5. The van der Waals surface area contributed by atoms with Crippen LogP contribution >= 0.6 is 0 Å². The number of benzene rings is 1. The van der Waals surface area contributed by atoms with Gasteiger partial charge < -0.3 is 4.74 Å². The van der Waals surface area contributed by atoms with Crippen LogP contribution in [0.3, 0.4) is 0 Å². The minimum atomic E-state index is -1.02. The molecule has 20 heavy (non-hydrogen) atoms. The molecule has 0 saturated carbocycles. The predicted octanol–water partition coefficient (Wildman–Crippen LogP) is -0.0707. The molecule has 2 rings (SSSR count). The monoisotopic (exact) mass is 276 g/mol. The number of amides is 1. The molecule has 1 aromatic heterocycles. The highest BCUT2D eigenvalue weighted by Crippen LogP contribution is 2.06. The van der Waals surface area contributed by atoms with Gasteiger partial charge in [0.05, 0.1) is 17.5 Å². The lowest BCUT2D eigenvalue weighted by Crippen LogP contribution is -2.37. The molecule has 0 spiro atoms. The third-order valence-electron chi connectivity index (χ3n) is 2.37. The molecule has 104 valence electrons. The maximum Gasteiger partial charge on any atom is 0.398 e. The number of carbonyl (C=O) groups excluding carboxylic acids is 2. The fourth-order valence-corrected chi connectivity index (χ4v) is 1.51. The van der Waals surface area contributed by atoms with Gasteiger partial charge in [0.2, 0.25) is 5.95 Å². The molecule has 0 aliphatic carbocycles. The Morgan fingerprint density at radius 2 is 2.10 bits per heavy atom. The highest BCUT2D eigenvalue weighted by Gasteiger charge is 2.14. The van der Waals surface area contributed by atoms with Crippen LogP contribution in [0.1, 0.15) is 6.92 Å². The normalized spacial score (nSPS) is 10.1. The lowest BCUT2D eigenvalue weighted by Gasteiger charge is -2.07. The molecule has 1 amide bonds. The SMILES string of the molecule is CCOC(=O)C(=O)NNc1nc2ccccc2c(=O)[nH]1. The molecule has 0 fully saturated rings. The molecule has 3 N–H and O–H groups in total. The molecule has 8 heteroatoms. The van der Waals surface area contributed by atoms with E-state index >= 15 is 0 Å². The summed E-state index contributed by atoms with van der Waals surface area (Å²) in [5.74, 6) is -1.99. The van der Waals surface area contributed by atoms with Gasteiger partial charge in [0, 0.05) is 0 Å².